The van der Waals surface area contributed by atoms with Gasteiger partial charge in [0.25, 0.3) is 0 Å². The fraction of sp³-hybridized carbons (Fsp3) is 0.611. The highest BCUT2D eigenvalue weighted by atomic mass is 33.1. The van der Waals surface area contributed by atoms with Gasteiger partial charge in [0.05, 0.1) is 46.7 Å². The molecule has 302 valence electrons. The number of primary amides is 2. The number of Topliss-reactive ketones (excluding diaryl/α,β-unsaturated/α-hetero) is 4. The molecule has 20 heteroatoms. The van der Waals surface area contributed by atoms with Gasteiger partial charge in [0.2, 0.25) is 23.1 Å². The van der Waals surface area contributed by atoms with Crippen LogP contribution in [-0.4, -0.2) is 170 Å². The number of fused-ring (bicyclic) bond motifs is 8. The van der Waals surface area contributed by atoms with Crippen LogP contribution in [0.3, 0.4) is 0 Å². The van der Waals surface area contributed by atoms with Gasteiger partial charge < -0.3 is 50.8 Å². The van der Waals surface area contributed by atoms with Crippen LogP contribution in [0.15, 0.2) is 45.1 Å². The van der Waals surface area contributed by atoms with Crippen LogP contribution in [0.1, 0.15) is 13.8 Å². The van der Waals surface area contributed by atoms with Gasteiger partial charge in [-0.25, -0.2) is 9.59 Å². The van der Waals surface area contributed by atoms with Crippen LogP contribution in [0, 0.1) is 11.8 Å². The Balaban J connectivity index is 0.862. The van der Waals surface area contributed by atoms with Crippen LogP contribution in [-0.2, 0) is 38.1 Å². The maximum atomic E-state index is 14.1. The summed E-state index contributed by atoms with van der Waals surface area (Å²) in [6, 6.07) is 0.137. The molecule has 0 radical (unpaired) electrons. The lowest BCUT2D eigenvalue weighted by Crippen LogP contribution is -2.55. The lowest BCUT2D eigenvalue weighted by Gasteiger charge is -2.40. The average Bonchev–Trinajstić information content (AvgIpc) is 3.70. The monoisotopic (exact) mass is 814 g/mol. The summed E-state index contributed by atoms with van der Waals surface area (Å²) in [7, 11) is 10.1. The summed E-state index contributed by atoms with van der Waals surface area (Å²) < 4.78 is 22.7. The van der Waals surface area contributed by atoms with Crippen LogP contribution >= 0.6 is 21.6 Å². The van der Waals surface area contributed by atoms with Crippen molar-refractivity contribution in [3.05, 3.63) is 45.1 Å². The molecule has 6 aliphatic heterocycles. The Kier molecular flexibility index (Phi) is 9.55. The summed E-state index contributed by atoms with van der Waals surface area (Å²) in [5, 5.41) is 6.37. The van der Waals surface area contributed by atoms with Gasteiger partial charge in [0.1, 0.15) is 13.2 Å². The molecule has 10 atom stereocenters. The van der Waals surface area contributed by atoms with E-state index in [1.54, 1.807) is 49.7 Å². The number of likely N-dealkylation sites (N-methyl/N-ethyl adjacent to an activating group) is 2. The molecule has 56 heavy (non-hydrogen) atoms. The fourth-order valence-electron chi connectivity index (χ4n) is 10.4. The second-order valence-corrected chi connectivity index (χ2v) is 17.9. The van der Waals surface area contributed by atoms with Gasteiger partial charge in [-0.1, -0.05) is 21.6 Å². The smallest absolute Gasteiger partial charge is 0.404 e. The molecule has 8 aliphatic rings. The number of ketones is 4. The molecule has 2 unspecified atom stereocenters. The summed E-state index contributed by atoms with van der Waals surface area (Å²) in [4.78, 5) is 87.2. The normalized spacial score (nSPS) is 36.1. The van der Waals surface area contributed by atoms with Gasteiger partial charge in [0, 0.05) is 86.3 Å². The topological polar surface area (TPSA) is 228 Å². The summed E-state index contributed by atoms with van der Waals surface area (Å²) in [6.45, 7) is 4.65. The number of hydrogen-bond donors (Lipinski definition) is 4. The number of nitrogens with one attached hydrogen (secondary N) is 2. The molecule has 2 amide bonds. The number of piperazine rings is 2. The zero-order valence-corrected chi connectivity index (χ0v) is 33.6. The van der Waals surface area contributed by atoms with Crippen molar-refractivity contribution in [2.75, 3.05) is 79.2 Å². The molecular formula is C36H46N8O10S2. The highest BCUT2D eigenvalue weighted by Crippen LogP contribution is 2.60. The van der Waals surface area contributed by atoms with E-state index in [-0.39, 0.29) is 83.1 Å². The van der Waals surface area contributed by atoms with E-state index in [0.717, 1.165) is 0 Å². The van der Waals surface area contributed by atoms with E-state index in [9.17, 15) is 28.8 Å². The number of nitrogens with two attached hydrogens (primary N) is 2. The third kappa shape index (κ3) is 5.25. The Morgan fingerprint density at radius 1 is 0.696 bits per heavy atom. The van der Waals surface area contributed by atoms with Crippen LogP contribution in [0.5, 0.6) is 0 Å². The number of allylic oxidation sites excluding steroid dienone is 4. The summed E-state index contributed by atoms with van der Waals surface area (Å²) in [5.74, 6) is -1.47. The quantitative estimate of drug-likeness (QED) is 0.0676. The van der Waals surface area contributed by atoms with Gasteiger partial charge in [0.15, 0.2) is 11.4 Å². The minimum Gasteiger partial charge on any atom is -0.449 e. The Bertz CT molecular complexity index is 1850. The molecule has 0 saturated carbocycles. The molecule has 0 bridgehead atoms. The standard InChI is InChI=1S/C36H46N8O10S2/c1-15-23(29(47)21-17(13-53-33(37)49)35(51-5)31-19(41(31)3)11-43(35)25(21)27(15)45)39-7-9-55-56-10-8-40-24-16(2)28(46)26-22(30(24)48)18(14-54-34(38)50)36(52-6)32-20(42(32)4)12-44(26)36/h17-20,31-32,39-40H,7-14H2,1-6H3,(H2,37,49)(H2,38,50)/t17-,18-,19+,20+,31+,32+,35-,36-,41?,42?/m1/s1. The number of carbonyl (C=O) groups excluding carboxylic acids is 6. The molecular weight excluding hydrogens is 769 g/mol. The number of nitrogens with zero attached hydrogens (tertiary/aromatic N) is 4. The zero-order valence-electron chi connectivity index (χ0n) is 32.0. The van der Waals surface area contributed by atoms with E-state index in [1.165, 1.54) is 0 Å². The minimum atomic E-state index is -1.04. The SMILES string of the molecule is CO[C@@]12[C@H](COC(N)=O)C3=C(C(=O)C(C)=C(NCCSSCCNC4=C(C)C(=O)C5=C(C4=O)[C@@H](COC(N)=O)[C@@]4(OC)[C@@H]6[C@H](CN54)N6C)C3=O)N1C[C@H]1[C@@H]2N1C. The first-order chi connectivity index (χ1) is 26.7. The first-order valence-corrected chi connectivity index (χ1v) is 20.9. The average molecular weight is 815 g/mol. The van der Waals surface area contributed by atoms with Gasteiger partial charge in [-0.15, -0.1) is 0 Å². The molecule has 2 aliphatic carbocycles. The third-order valence-corrected chi connectivity index (χ3v) is 15.4. The van der Waals surface area contributed by atoms with E-state index >= 15 is 0 Å². The predicted molar refractivity (Wildman–Crippen MR) is 202 cm³/mol. The first-order valence-electron chi connectivity index (χ1n) is 18.4. The lowest BCUT2D eigenvalue weighted by molar-refractivity contribution is -0.144. The molecule has 6 heterocycles. The Morgan fingerprint density at radius 2 is 1.07 bits per heavy atom. The van der Waals surface area contributed by atoms with Crippen LogP contribution < -0.4 is 22.1 Å². The lowest BCUT2D eigenvalue weighted by atomic mass is 9.82. The van der Waals surface area contributed by atoms with Crippen molar-refractivity contribution in [1.82, 2.24) is 30.2 Å². The molecule has 4 saturated heterocycles. The zero-order chi connectivity index (χ0) is 40.2. The number of rotatable bonds is 15. The number of ether oxygens (including phenoxy) is 4. The molecule has 18 nitrogen and oxygen atoms in total. The number of amides is 2. The molecule has 0 aromatic carbocycles. The van der Waals surface area contributed by atoms with Gasteiger partial charge in [-0.05, 0) is 27.9 Å². The van der Waals surface area contributed by atoms with Gasteiger partial charge in [-0.3, -0.25) is 29.0 Å². The number of carbonyl (C=O) groups is 6. The Hall–Kier alpha value is -4.08. The third-order valence-electron chi connectivity index (χ3n) is 13.0. The summed E-state index contributed by atoms with van der Waals surface area (Å²) >= 11 is 0. The highest BCUT2D eigenvalue weighted by Gasteiger charge is 2.76. The first kappa shape index (κ1) is 38.8. The van der Waals surface area contributed by atoms with Gasteiger partial charge in [-0.2, -0.15) is 0 Å². The van der Waals surface area contributed by atoms with Crippen molar-refractivity contribution >= 4 is 56.9 Å². The van der Waals surface area contributed by atoms with E-state index < -0.39 is 35.5 Å². The van der Waals surface area contributed by atoms with E-state index in [1.807, 2.05) is 23.9 Å². The minimum absolute atomic E-state index is 0.0815. The molecule has 4 fully saturated rings. The van der Waals surface area contributed by atoms with Crippen molar-refractivity contribution in [2.24, 2.45) is 23.3 Å². The van der Waals surface area contributed by atoms with Crippen LogP contribution in [0.4, 0.5) is 9.59 Å². The Morgan fingerprint density at radius 3 is 1.41 bits per heavy atom. The molecule has 0 aromatic heterocycles. The largest absolute Gasteiger partial charge is 0.449 e. The van der Waals surface area contributed by atoms with Crippen molar-refractivity contribution < 1.29 is 47.7 Å². The van der Waals surface area contributed by atoms with Crippen molar-refractivity contribution in [3.63, 3.8) is 0 Å². The highest BCUT2D eigenvalue weighted by molar-refractivity contribution is 8.76. The maximum absolute atomic E-state index is 14.1. The van der Waals surface area contributed by atoms with E-state index in [2.05, 4.69) is 20.4 Å². The molecule has 0 spiro atoms. The second kappa shape index (κ2) is 13.8. The molecule has 0 aromatic rings. The second-order valence-electron chi connectivity index (χ2n) is 15.2. The predicted octanol–water partition coefficient (Wildman–Crippen LogP) is -0.961. The van der Waals surface area contributed by atoms with Crippen LogP contribution in [0.25, 0.3) is 0 Å². The summed E-state index contributed by atoms with van der Waals surface area (Å²) in [5.41, 5.74) is 10.8. The van der Waals surface area contributed by atoms with Gasteiger partial charge >= 0.3 is 12.2 Å². The fourth-order valence-corrected chi connectivity index (χ4v) is 12.2. The number of methoxy groups -OCH3 is 2. The molecule has 6 N–H and O–H groups in total. The van der Waals surface area contributed by atoms with E-state index in [4.69, 9.17) is 30.4 Å². The maximum Gasteiger partial charge on any atom is 0.404 e. The Labute approximate surface area is 331 Å². The van der Waals surface area contributed by atoms with Crippen molar-refractivity contribution in [3.8, 4) is 0 Å². The van der Waals surface area contributed by atoms with E-state index in [0.29, 0.717) is 60.2 Å². The summed E-state index contributed by atoms with van der Waals surface area (Å²) in [6.07, 6.45) is -1.95. The van der Waals surface area contributed by atoms with Crippen LogP contribution in [0.2, 0.25) is 0 Å². The number of hydrogen-bond acceptors (Lipinski definition) is 18. The molecule has 8 rings (SSSR count). The van der Waals surface area contributed by atoms with Crippen molar-refractivity contribution in [2.45, 2.75) is 49.5 Å². The van der Waals surface area contributed by atoms with Crippen molar-refractivity contribution in [1.29, 1.82) is 0 Å².